The lowest BCUT2D eigenvalue weighted by Crippen LogP contribution is -2.35. The molecule has 4 heteroatoms. The van der Waals surface area contributed by atoms with Crippen molar-refractivity contribution in [3.8, 4) is 0 Å². The first-order valence-electron chi connectivity index (χ1n) is 9.57. The van der Waals surface area contributed by atoms with E-state index in [1.807, 2.05) is 6.07 Å². The van der Waals surface area contributed by atoms with Crippen molar-refractivity contribution < 1.29 is 9.90 Å². The summed E-state index contributed by atoms with van der Waals surface area (Å²) in [5.41, 5.74) is 2.75. The number of hydrogen-bond donors (Lipinski definition) is 2. The highest BCUT2D eigenvalue weighted by atomic mass is 16.3. The van der Waals surface area contributed by atoms with E-state index in [1.165, 1.54) is 11.1 Å². The van der Waals surface area contributed by atoms with Gasteiger partial charge in [0, 0.05) is 32.6 Å². The van der Waals surface area contributed by atoms with E-state index in [4.69, 9.17) is 0 Å². The molecular weight excluding hydrogens is 312 g/mol. The van der Waals surface area contributed by atoms with Crippen LogP contribution >= 0.6 is 0 Å². The average Bonchev–Trinajstić information content (AvgIpc) is 2.55. The molecule has 1 fully saturated rings. The molecule has 1 aliphatic rings. The molecular formula is C21H34N2O2. The number of piperidine rings is 1. The van der Waals surface area contributed by atoms with Crippen LogP contribution < -0.4 is 5.32 Å². The Morgan fingerprint density at radius 2 is 1.84 bits per heavy atom. The van der Waals surface area contributed by atoms with Crippen molar-refractivity contribution in [2.75, 3.05) is 13.1 Å². The van der Waals surface area contributed by atoms with E-state index in [9.17, 15) is 9.90 Å². The monoisotopic (exact) mass is 346 g/mol. The third-order valence-corrected chi connectivity index (χ3v) is 4.88. The van der Waals surface area contributed by atoms with Crippen molar-refractivity contribution in [3.05, 3.63) is 35.4 Å². The molecule has 4 nitrogen and oxygen atoms in total. The summed E-state index contributed by atoms with van der Waals surface area (Å²) in [6.07, 6.45) is 4.17. The van der Waals surface area contributed by atoms with Gasteiger partial charge in [0.05, 0.1) is 6.10 Å². The zero-order valence-corrected chi connectivity index (χ0v) is 16.1. The number of carbonyl (C=O) groups excluding carboxylic acids is 1. The van der Waals surface area contributed by atoms with Crippen molar-refractivity contribution in [1.82, 2.24) is 10.2 Å². The molecule has 0 spiro atoms. The Morgan fingerprint density at radius 3 is 2.48 bits per heavy atom. The van der Waals surface area contributed by atoms with Crippen LogP contribution in [0.15, 0.2) is 24.3 Å². The maximum Gasteiger partial charge on any atom is 0.220 e. The van der Waals surface area contributed by atoms with Crippen LogP contribution in [0.5, 0.6) is 0 Å². The number of nitrogens with one attached hydrogen (secondary N) is 1. The van der Waals surface area contributed by atoms with Crippen LogP contribution in [0.25, 0.3) is 0 Å². The molecule has 0 aliphatic carbocycles. The van der Waals surface area contributed by atoms with Gasteiger partial charge in [-0.2, -0.15) is 0 Å². The van der Waals surface area contributed by atoms with Crippen LogP contribution in [0.1, 0.15) is 64.0 Å². The first-order chi connectivity index (χ1) is 11.8. The fourth-order valence-electron chi connectivity index (χ4n) is 3.26. The van der Waals surface area contributed by atoms with E-state index in [0.717, 1.165) is 45.3 Å². The van der Waals surface area contributed by atoms with Gasteiger partial charge in [0.25, 0.3) is 0 Å². The second kappa shape index (κ2) is 9.35. The normalized spacial score (nSPS) is 16.8. The molecule has 140 valence electrons. The number of carbonyl (C=O) groups is 1. The summed E-state index contributed by atoms with van der Waals surface area (Å²) in [6.45, 7) is 10.00. The summed E-state index contributed by atoms with van der Waals surface area (Å²) < 4.78 is 0. The second-order valence-corrected chi connectivity index (χ2v) is 8.47. The first kappa shape index (κ1) is 19.9. The second-order valence-electron chi connectivity index (χ2n) is 8.47. The number of hydrogen-bond acceptors (Lipinski definition) is 3. The quantitative estimate of drug-likeness (QED) is 0.795. The molecule has 0 unspecified atom stereocenters. The van der Waals surface area contributed by atoms with E-state index in [1.54, 1.807) is 0 Å². The molecule has 0 radical (unpaired) electrons. The lowest BCUT2D eigenvalue weighted by atomic mass is 9.90. The zero-order chi connectivity index (χ0) is 18.3. The summed E-state index contributed by atoms with van der Waals surface area (Å²) in [5.74, 6) is 0.139. The Kier molecular flexibility index (Phi) is 7.45. The summed E-state index contributed by atoms with van der Waals surface area (Å²) in [6, 6.07) is 8.34. The molecule has 1 amide bonds. The summed E-state index contributed by atoms with van der Waals surface area (Å²) in [4.78, 5) is 14.5. The van der Waals surface area contributed by atoms with Gasteiger partial charge in [-0.3, -0.25) is 9.69 Å². The first-order valence-corrected chi connectivity index (χ1v) is 9.57. The van der Waals surface area contributed by atoms with Crippen molar-refractivity contribution in [2.24, 2.45) is 5.41 Å². The fourth-order valence-corrected chi connectivity index (χ4v) is 3.26. The van der Waals surface area contributed by atoms with Gasteiger partial charge >= 0.3 is 0 Å². The van der Waals surface area contributed by atoms with Gasteiger partial charge in [-0.25, -0.2) is 0 Å². The third kappa shape index (κ3) is 7.57. The van der Waals surface area contributed by atoms with E-state index < -0.39 is 0 Å². The Morgan fingerprint density at radius 1 is 1.20 bits per heavy atom. The third-order valence-electron chi connectivity index (χ3n) is 4.88. The lowest BCUT2D eigenvalue weighted by molar-refractivity contribution is -0.121. The van der Waals surface area contributed by atoms with Crippen molar-refractivity contribution >= 4 is 5.91 Å². The SMILES string of the molecule is CC(C)(C)CCCC(=O)NCc1ccccc1CN1CCC(O)CC1. The minimum absolute atomic E-state index is 0.139. The van der Waals surface area contributed by atoms with Crippen molar-refractivity contribution in [2.45, 2.75) is 72.1 Å². The smallest absolute Gasteiger partial charge is 0.220 e. The highest BCUT2D eigenvalue weighted by Crippen LogP contribution is 2.21. The van der Waals surface area contributed by atoms with Crippen LogP contribution in [0.2, 0.25) is 0 Å². The Labute approximate surface area is 152 Å². The maximum absolute atomic E-state index is 12.1. The molecule has 0 aromatic heterocycles. The number of nitrogens with zero attached hydrogens (tertiary/aromatic N) is 1. The minimum Gasteiger partial charge on any atom is -0.393 e. The van der Waals surface area contributed by atoms with Gasteiger partial charge in [-0.15, -0.1) is 0 Å². The number of amides is 1. The molecule has 0 saturated carbocycles. The van der Waals surface area contributed by atoms with Gasteiger partial charge in [0.2, 0.25) is 5.91 Å². The molecule has 0 atom stereocenters. The topological polar surface area (TPSA) is 52.6 Å². The standard InChI is InChI=1S/C21H34N2O2/c1-21(2,3)12-6-9-20(25)22-15-17-7-4-5-8-18(17)16-23-13-10-19(24)11-14-23/h4-5,7-8,19,24H,6,9-16H2,1-3H3,(H,22,25). The van der Waals surface area contributed by atoms with Crippen molar-refractivity contribution in [3.63, 3.8) is 0 Å². The van der Waals surface area contributed by atoms with Gasteiger partial charge in [0.15, 0.2) is 0 Å². The zero-order valence-electron chi connectivity index (χ0n) is 16.1. The lowest BCUT2D eigenvalue weighted by Gasteiger charge is -2.30. The van der Waals surface area contributed by atoms with Crippen LogP contribution in [0, 0.1) is 5.41 Å². The predicted octanol–water partition coefficient (Wildman–Crippen LogP) is 3.48. The number of aliphatic hydroxyl groups is 1. The molecule has 1 aliphatic heterocycles. The van der Waals surface area contributed by atoms with E-state index >= 15 is 0 Å². The van der Waals surface area contributed by atoms with Gasteiger partial charge in [-0.1, -0.05) is 45.0 Å². The predicted molar refractivity (Wildman–Crippen MR) is 102 cm³/mol. The molecule has 1 aromatic rings. The Bertz CT molecular complexity index is 543. The highest BCUT2D eigenvalue weighted by molar-refractivity contribution is 5.75. The molecule has 0 bridgehead atoms. The summed E-state index contributed by atoms with van der Waals surface area (Å²) in [7, 11) is 0. The number of rotatable bonds is 7. The van der Waals surface area contributed by atoms with E-state index in [2.05, 4.69) is 49.2 Å². The molecule has 1 aromatic carbocycles. The molecule has 1 saturated heterocycles. The fraction of sp³-hybridized carbons (Fsp3) is 0.667. The van der Waals surface area contributed by atoms with Crippen LogP contribution in [0.4, 0.5) is 0 Å². The van der Waals surface area contributed by atoms with E-state index in [-0.39, 0.29) is 17.4 Å². The number of likely N-dealkylation sites (tertiary alicyclic amines) is 1. The molecule has 1 heterocycles. The minimum atomic E-state index is -0.140. The van der Waals surface area contributed by atoms with E-state index in [0.29, 0.717) is 13.0 Å². The van der Waals surface area contributed by atoms with Gasteiger partial charge < -0.3 is 10.4 Å². The van der Waals surface area contributed by atoms with Crippen LogP contribution in [0.3, 0.4) is 0 Å². The van der Waals surface area contributed by atoms with Crippen molar-refractivity contribution in [1.29, 1.82) is 0 Å². The number of benzene rings is 1. The molecule has 2 rings (SSSR count). The molecule has 2 N–H and O–H groups in total. The van der Waals surface area contributed by atoms with Crippen LogP contribution in [-0.4, -0.2) is 35.1 Å². The summed E-state index contributed by atoms with van der Waals surface area (Å²) >= 11 is 0. The Balaban J connectivity index is 1.80. The van der Waals surface area contributed by atoms with Gasteiger partial charge in [0.1, 0.15) is 0 Å². The van der Waals surface area contributed by atoms with Gasteiger partial charge in [-0.05, 0) is 42.2 Å². The number of aliphatic hydroxyl groups excluding tert-OH is 1. The van der Waals surface area contributed by atoms with Crippen LogP contribution in [-0.2, 0) is 17.9 Å². The Hall–Kier alpha value is -1.39. The maximum atomic E-state index is 12.1. The largest absolute Gasteiger partial charge is 0.393 e. The molecule has 25 heavy (non-hydrogen) atoms. The summed E-state index contributed by atoms with van der Waals surface area (Å²) in [5, 5.41) is 12.7. The average molecular weight is 347 g/mol. The highest BCUT2D eigenvalue weighted by Gasteiger charge is 2.18.